The minimum atomic E-state index is -1.12. The Balaban J connectivity index is 1.36. The third-order valence-electron chi connectivity index (χ3n) is 7.62. The van der Waals surface area contributed by atoms with E-state index in [1.165, 1.54) is 0 Å². The van der Waals surface area contributed by atoms with Gasteiger partial charge in [0.05, 0.1) is 42.5 Å². The van der Waals surface area contributed by atoms with Crippen LogP contribution in [0.1, 0.15) is 42.5 Å². The van der Waals surface area contributed by atoms with Crippen LogP contribution in [0.5, 0.6) is 0 Å². The Hall–Kier alpha value is -6.97. The van der Waals surface area contributed by atoms with Crippen molar-refractivity contribution in [3.05, 3.63) is 187 Å². The summed E-state index contributed by atoms with van der Waals surface area (Å²) in [5, 5.41) is -5.13. The van der Waals surface area contributed by atoms with E-state index in [4.69, 9.17) is 30.2 Å². The first-order chi connectivity index (χ1) is 38.7. The molecule has 0 unspecified atom stereocenters. The molecule has 1 aromatic heterocycles. The van der Waals surface area contributed by atoms with Crippen molar-refractivity contribution >= 4 is 43.1 Å². The quantitative estimate of drug-likeness (QED) is 0.169. The SMILES string of the molecule is [2H]c1c([2H])c([2H])c(-c2c([2H])c([2H])c3c([2H])c(-c4c([2H])c([2H])c([2H])c(-c5nc(-c6c([2H])c([2H])c7c([2H])c8c([2H])c([2H])c([2H])c([2H])c8c([2H])c7c6[2H])nc(-c6c([2H])c([2H])c([2H])c7c([2H])c([2H])c([2H])c([2H])c67)n5)c4[2H])c([2H])c([2H])c3c2[2H])c([2H])c1[2H]. The van der Waals surface area contributed by atoms with Crippen LogP contribution in [0.15, 0.2) is 187 Å². The van der Waals surface area contributed by atoms with Crippen molar-refractivity contribution in [2.75, 3.05) is 0 Å². The second kappa shape index (κ2) is 12.4. The number of hydrogen-bond acceptors (Lipinski definition) is 3. The smallest absolute Gasteiger partial charge is 0.164 e. The highest BCUT2D eigenvalue weighted by atomic mass is 15.0. The lowest BCUT2D eigenvalue weighted by molar-refractivity contribution is 1.08. The zero-order chi connectivity index (χ0) is 61.4. The minimum absolute atomic E-state index is 0.527. The van der Waals surface area contributed by atoms with E-state index >= 15 is 0 Å². The van der Waals surface area contributed by atoms with Gasteiger partial charge >= 0.3 is 0 Å². The average Bonchev–Trinajstić information content (AvgIpc) is 1.12. The number of rotatable bonds is 5. The van der Waals surface area contributed by atoms with Crippen LogP contribution in [-0.4, -0.2) is 15.0 Å². The van der Waals surface area contributed by atoms with Crippen molar-refractivity contribution in [1.29, 1.82) is 0 Å². The van der Waals surface area contributed by atoms with E-state index in [9.17, 15) is 12.3 Å². The van der Waals surface area contributed by atoms with Gasteiger partial charge in [-0.05, 0) is 102 Å². The standard InChI is InChI=1S/C49H31N3/c1-2-10-32(11-3-1)37-20-21-40-28-38(22-23-39(40)27-37)36-16-8-17-42(29-36)47-50-48(52-49(51-47)46-19-9-15-33-12-6-7-18-45(33)46)43-25-24-41-26-34-13-4-5-14-35(34)30-44(41)31-43/h1-31H/i1D,2D,3D,4D,5D,6D,7D,8D,9D,10D,11D,12D,13D,14D,15D,16D,17D,18D,19D,20D,21D,22D,23D,24D,25D,26D,27D,28D,29D,30D,31D. The van der Waals surface area contributed by atoms with Gasteiger partial charge in [0.15, 0.2) is 17.5 Å². The highest BCUT2D eigenvalue weighted by Gasteiger charge is 2.15. The first kappa shape index (κ1) is 12.1. The molecule has 3 heteroatoms. The van der Waals surface area contributed by atoms with Gasteiger partial charge in [0, 0.05) is 16.7 Å². The summed E-state index contributed by atoms with van der Waals surface area (Å²) >= 11 is 0. The number of fused-ring (bicyclic) bond motifs is 4. The predicted molar refractivity (Wildman–Crippen MR) is 217 cm³/mol. The van der Waals surface area contributed by atoms with E-state index in [2.05, 4.69) is 15.0 Å². The second-order valence-electron chi connectivity index (χ2n) is 10.8. The van der Waals surface area contributed by atoms with E-state index in [0.717, 1.165) is 0 Å². The summed E-state index contributed by atoms with van der Waals surface area (Å²) in [6.07, 6.45) is 0. The first-order valence-electron chi connectivity index (χ1n) is 30.6. The summed E-state index contributed by atoms with van der Waals surface area (Å²) < 4.78 is 275. The lowest BCUT2D eigenvalue weighted by atomic mass is 9.97. The van der Waals surface area contributed by atoms with Gasteiger partial charge in [-0.3, -0.25) is 0 Å². The molecule has 0 aliphatic rings. The van der Waals surface area contributed by atoms with Crippen molar-refractivity contribution in [2.45, 2.75) is 0 Å². The first-order valence-corrected chi connectivity index (χ1v) is 15.1. The van der Waals surface area contributed by atoms with E-state index in [0.29, 0.717) is 0 Å². The lowest BCUT2D eigenvalue weighted by Gasteiger charge is -2.12. The van der Waals surface area contributed by atoms with Gasteiger partial charge in [0.1, 0.15) is 0 Å². The third-order valence-corrected chi connectivity index (χ3v) is 7.62. The zero-order valence-corrected chi connectivity index (χ0v) is 25.8. The highest BCUT2D eigenvalue weighted by molar-refractivity contribution is 6.00. The molecule has 9 aromatic carbocycles. The molecule has 0 fully saturated rings. The fraction of sp³-hybridized carbons (Fsp3) is 0. The molecule has 52 heavy (non-hydrogen) atoms. The molecule has 0 saturated carbocycles. The largest absolute Gasteiger partial charge is 0.208 e. The van der Waals surface area contributed by atoms with Gasteiger partial charge in [0.25, 0.3) is 0 Å². The Kier molecular flexibility index (Phi) is 2.88. The highest BCUT2D eigenvalue weighted by Crippen LogP contribution is 2.34. The second-order valence-corrected chi connectivity index (χ2v) is 10.8. The average molecular weight is 693 g/mol. The molecular formula is C49H31N3. The van der Waals surface area contributed by atoms with Gasteiger partial charge in [0.2, 0.25) is 0 Å². The fourth-order valence-corrected chi connectivity index (χ4v) is 5.23. The summed E-state index contributed by atoms with van der Waals surface area (Å²) in [4.78, 5) is 13.1. The minimum Gasteiger partial charge on any atom is -0.208 e. The van der Waals surface area contributed by atoms with Crippen LogP contribution in [-0.2, 0) is 0 Å². The summed E-state index contributed by atoms with van der Waals surface area (Å²) in [7, 11) is 0. The molecule has 0 atom stereocenters. The van der Waals surface area contributed by atoms with Crippen molar-refractivity contribution in [1.82, 2.24) is 15.0 Å². The molecule has 242 valence electrons. The van der Waals surface area contributed by atoms with Gasteiger partial charge in [-0.1, -0.05) is 151 Å². The van der Waals surface area contributed by atoms with Crippen LogP contribution in [0.2, 0.25) is 0 Å². The van der Waals surface area contributed by atoms with Crippen molar-refractivity contribution < 1.29 is 42.5 Å². The normalized spacial score (nSPS) is 19.8. The summed E-state index contributed by atoms with van der Waals surface area (Å²) in [5.41, 5.74) is -5.80. The van der Waals surface area contributed by atoms with Crippen LogP contribution in [0.25, 0.3) is 99.5 Å². The molecule has 0 aliphatic carbocycles. The third kappa shape index (κ3) is 5.46. The Bertz CT molecular complexity index is 4720. The maximum Gasteiger partial charge on any atom is 0.164 e. The Morgan fingerprint density at radius 1 is 0.269 bits per heavy atom. The van der Waals surface area contributed by atoms with Gasteiger partial charge < -0.3 is 0 Å². The molecule has 0 radical (unpaired) electrons. The van der Waals surface area contributed by atoms with Gasteiger partial charge in [-0.15, -0.1) is 0 Å². The Morgan fingerprint density at radius 2 is 0.712 bits per heavy atom. The zero-order valence-electron chi connectivity index (χ0n) is 56.8. The molecule has 0 N–H and O–H groups in total. The number of benzene rings is 9. The van der Waals surface area contributed by atoms with E-state index in [-0.39, 0.29) is 0 Å². The van der Waals surface area contributed by atoms with Crippen molar-refractivity contribution in [3.63, 3.8) is 0 Å². The lowest BCUT2D eigenvalue weighted by Crippen LogP contribution is -2.00. The maximum absolute atomic E-state index is 9.72. The van der Waals surface area contributed by atoms with Gasteiger partial charge in [-0.2, -0.15) is 0 Å². The van der Waals surface area contributed by atoms with Crippen LogP contribution >= 0.6 is 0 Å². The Labute approximate surface area is 345 Å². The Morgan fingerprint density at radius 3 is 1.46 bits per heavy atom. The van der Waals surface area contributed by atoms with Crippen LogP contribution in [0.4, 0.5) is 0 Å². The van der Waals surface area contributed by atoms with Gasteiger partial charge in [-0.25, -0.2) is 15.0 Å². The number of nitrogens with zero attached hydrogens (tertiary/aromatic N) is 3. The molecule has 0 aliphatic heterocycles. The van der Waals surface area contributed by atoms with Crippen LogP contribution in [0.3, 0.4) is 0 Å². The summed E-state index contributed by atoms with van der Waals surface area (Å²) in [5.74, 6) is -2.87. The molecular weight excluding hydrogens is 631 g/mol. The molecule has 0 bridgehead atoms. The topological polar surface area (TPSA) is 38.7 Å². The molecule has 0 amide bonds. The number of hydrogen-bond donors (Lipinski definition) is 0. The predicted octanol–water partition coefficient (Wildman–Crippen LogP) is 12.8. The van der Waals surface area contributed by atoms with Crippen molar-refractivity contribution in [3.8, 4) is 56.4 Å². The monoisotopic (exact) mass is 692 g/mol. The fourth-order valence-electron chi connectivity index (χ4n) is 5.23. The van der Waals surface area contributed by atoms with Crippen LogP contribution in [0, 0.1) is 0 Å². The van der Waals surface area contributed by atoms with E-state index in [1.807, 2.05) is 0 Å². The molecule has 10 aromatic rings. The number of aromatic nitrogens is 3. The molecule has 0 saturated heterocycles. The molecule has 1 heterocycles. The van der Waals surface area contributed by atoms with Crippen LogP contribution < -0.4 is 0 Å². The van der Waals surface area contributed by atoms with E-state index < -0.39 is 287 Å². The summed E-state index contributed by atoms with van der Waals surface area (Å²) in [6.45, 7) is 0. The molecule has 10 rings (SSSR count). The summed E-state index contributed by atoms with van der Waals surface area (Å²) in [6, 6.07) is -28.9. The van der Waals surface area contributed by atoms with E-state index in [1.54, 1.807) is 0 Å². The maximum atomic E-state index is 9.72. The molecule has 0 spiro atoms. The van der Waals surface area contributed by atoms with Crippen molar-refractivity contribution in [2.24, 2.45) is 0 Å². The molecule has 3 nitrogen and oxygen atoms in total.